The lowest BCUT2D eigenvalue weighted by Gasteiger charge is -1.93. The van der Waals surface area contributed by atoms with Crippen molar-refractivity contribution in [2.45, 2.75) is 0 Å². The van der Waals surface area contributed by atoms with Gasteiger partial charge in [-0.25, -0.2) is 0 Å². The van der Waals surface area contributed by atoms with Crippen LogP contribution in [0.15, 0.2) is 30.6 Å². The van der Waals surface area contributed by atoms with Crippen molar-refractivity contribution in [2.75, 3.05) is 0 Å². The highest BCUT2D eigenvalue weighted by Crippen LogP contribution is 2.06. The van der Waals surface area contributed by atoms with E-state index < -0.39 is 0 Å². The summed E-state index contributed by atoms with van der Waals surface area (Å²) in [6, 6.07) is 7.28. The lowest BCUT2D eigenvalue weighted by molar-refractivity contribution is 1.27. The van der Waals surface area contributed by atoms with Crippen molar-refractivity contribution in [3.8, 4) is 6.07 Å². The summed E-state index contributed by atoms with van der Waals surface area (Å²) in [5.74, 6) is 0. The molecule has 0 unspecified atom stereocenters. The van der Waals surface area contributed by atoms with Gasteiger partial charge in [-0.05, 0) is 12.1 Å². The monoisotopic (exact) mass is 145 g/mol. The van der Waals surface area contributed by atoms with E-state index in [1.807, 2.05) is 12.1 Å². The van der Waals surface area contributed by atoms with E-state index in [0.29, 0.717) is 11.3 Å². The second kappa shape index (κ2) is 3.37. The Morgan fingerprint density at radius 2 is 2.45 bits per heavy atom. The van der Waals surface area contributed by atoms with Gasteiger partial charge in [-0.1, -0.05) is 6.07 Å². The lowest BCUT2D eigenvalue weighted by Crippen LogP contribution is -1.89. The number of aromatic nitrogens is 1. The fourth-order valence-corrected chi connectivity index (χ4v) is 0.702. The van der Waals surface area contributed by atoms with Crippen molar-refractivity contribution < 1.29 is 0 Å². The average Bonchev–Trinajstić information content (AvgIpc) is 2.09. The number of rotatable bonds is 1. The molecular weight excluding hydrogens is 138 g/mol. The molecule has 1 rings (SSSR count). The van der Waals surface area contributed by atoms with E-state index in [4.69, 9.17) is 11.0 Å². The zero-order valence-corrected chi connectivity index (χ0v) is 5.86. The predicted molar refractivity (Wildman–Crippen MR) is 42.0 cm³/mol. The highest BCUT2D eigenvalue weighted by atomic mass is 14.7. The molecule has 0 fully saturated rings. The van der Waals surface area contributed by atoms with Gasteiger partial charge < -0.3 is 5.73 Å². The fraction of sp³-hybridized carbons (Fsp3) is 0. The van der Waals surface area contributed by atoms with Crippen molar-refractivity contribution in [1.82, 2.24) is 4.98 Å². The molecule has 0 aliphatic heterocycles. The smallest absolute Gasteiger partial charge is 0.103 e. The van der Waals surface area contributed by atoms with E-state index in [9.17, 15) is 0 Å². The number of nitrogens with two attached hydrogens (primary N) is 1. The molecule has 0 aliphatic carbocycles. The number of hydrogen-bond acceptors (Lipinski definition) is 3. The molecule has 0 aromatic carbocycles. The second-order valence-corrected chi connectivity index (χ2v) is 1.91. The third-order valence-corrected chi connectivity index (χ3v) is 1.23. The first-order valence-electron chi connectivity index (χ1n) is 3.12. The van der Waals surface area contributed by atoms with Gasteiger partial charge in [-0.2, -0.15) is 5.26 Å². The number of nitrogens with zero attached hydrogens (tertiary/aromatic N) is 2. The molecule has 2 N–H and O–H groups in total. The molecule has 3 heteroatoms. The Labute approximate surface area is 64.8 Å². The van der Waals surface area contributed by atoms with Gasteiger partial charge in [-0.3, -0.25) is 4.98 Å². The number of pyridine rings is 1. The lowest BCUT2D eigenvalue weighted by atomic mass is 10.2. The van der Waals surface area contributed by atoms with Crippen LogP contribution in [-0.4, -0.2) is 4.98 Å². The standard InChI is InChI=1S/C8H7N3/c9-5-7(6-10)8-3-1-2-4-11-8/h1-5H,9H2. The Bertz CT molecular complexity index is 295. The normalized spacial score (nSPS) is 10.6. The molecule has 0 radical (unpaired) electrons. The highest BCUT2D eigenvalue weighted by Gasteiger charge is 1.97. The van der Waals surface area contributed by atoms with Crippen LogP contribution in [0.5, 0.6) is 0 Å². The molecule has 0 saturated carbocycles. The molecule has 54 valence electrons. The minimum atomic E-state index is 0.394. The van der Waals surface area contributed by atoms with Crippen LogP contribution in [0.1, 0.15) is 5.69 Å². The Hall–Kier alpha value is -1.82. The summed E-state index contributed by atoms with van der Waals surface area (Å²) in [5, 5.41) is 8.54. The Balaban J connectivity index is 3.05. The fourth-order valence-electron chi connectivity index (χ4n) is 0.702. The van der Waals surface area contributed by atoms with Gasteiger partial charge >= 0.3 is 0 Å². The highest BCUT2D eigenvalue weighted by molar-refractivity contribution is 5.73. The molecule has 3 nitrogen and oxygen atoms in total. The van der Waals surface area contributed by atoms with Gasteiger partial charge in [0.05, 0.1) is 11.3 Å². The maximum atomic E-state index is 8.54. The van der Waals surface area contributed by atoms with E-state index in [-0.39, 0.29) is 0 Å². The topological polar surface area (TPSA) is 62.7 Å². The van der Waals surface area contributed by atoms with E-state index >= 15 is 0 Å². The first-order chi connectivity index (χ1) is 5.38. The van der Waals surface area contributed by atoms with E-state index in [2.05, 4.69) is 4.98 Å². The van der Waals surface area contributed by atoms with Gasteiger partial charge in [0, 0.05) is 12.4 Å². The van der Waals surface area contributed by atoms with Crippen LogP contribution in [0.4, 0.5) is 0 Å². The first kappa shape index (κ1) is 7.29. The number of allylic oxidation sites excluding steroid dienone is 1. The van der Waals surface area contributed by atoms with Crippen molar-refractivity contribution in [2.24, 2.45) is 5.73 Å². The summed E-state index contributed by atoms with van der Waals surface area (Å²) in [4.78, 5) is 3.95. The first-order valence-corrected chi connectivity index (χ1v) is 3.12. The van der Waals surface area contributed by atoms with Crippen LogP contribution >= 0.6 is 0 Å². The minimum absolute atomic E-state index is 0.394. The van der Waals surface area contributed by atoms with Crippen LogP contribution in [0.3, 0.4) is 0 Å². The summed E-state index contributed by atoms with van der Waals surface area (Å²) in [6.45, 7) is 0. The van der Waals surface area contributed by atoms with Gasteiger partial charge in [0.1, 0.15) is 6.07 Å². The van der Waals surface area contributed by atoms with Crippen molar-refractivity contribution in [3.05, 3.63) is 36.3 Å². The van der Waals surface area contributed by atoms with Crippen molar-refractivity contribution in [3.63, 3.8) is 0 Å². The molecule has 1 heterocycles. The number of nitriles is 1. The third-order valence-electron chi connectivity index (χ3n) is 1.23. The largest absolute Gasteiger partial charge is 0.403 e. The molecule has 0 saturated heterocycles. The summed E-state index contributed by atoms with van der Waals surface area (Å²) >= 11 is 0. The predicted octanol–water partition coefficient (Wildman–Crippen LogP) is 0.905. The second-order valence-electron chi connectivity index (χ2n) is 1.91. The van der Waals surface area contributed by atoms with E-state index in [1.54, 1.807) is 18.3 Å². The molecule has 11 heavy (non-hydrogen) atoms. The van der Waals surface area contributed by atoms with E-state index in [0.717, 1.165) is 0 Å². The Kier molecular flexibility index (Phi) is 2.24. The van der Waals surface area contributed by atoms with Gasteiger partial charge in [0.15, 0.2) is 0 Å². The molecule has 1 aromatic rings. The summed E-state index contributed by atoms with van der Waals surface area (Å²) in [6.07, 6.45) is 2.87. The maximum Gasteiger partial charge on any atom is 0.103 e. The van der Waals surface area contributed by atoms with Crippen molar-refractivity contribution >= 4 is 5.57 Å². The van der Waals surface area contributed by atoms with Crippen LogP contribution in [0.25, 0.3) is 5.57 Å². The van der Waals surface area contributed by atoms with Gasteiger partial charge in [0.2, 0.25) is 0 Å². The Morgan fingerprint density at radius 3 is 2.91 bits per heavy atom. The SMILES string of the molecule is N#CC(=CN)c1ccccn1. The molecule has 0 atom stereocenters. The number of hydrogen-bond donors (Lipinski definition) is 1. The molecular formula is C8H7N3. The van der Waals surface area contributed by atoms with Crippen LogP contribution in [0, 0.1) is 11.3 Å². The summed E-state index contributed by atoms with van der Waals surface area (Å²) in [7, 11) is 0. The Morgan fingerprint density at radius 1 is 1.64 bits per heavy atom. The van der Waals surface area contributed by atoms with Crippen LogP contribution < -0.4 is 5.73 Å². The summed E-state index contributed by atoms with van der Waals surface area (Å²) < 4.78 is 0. The minimum Gasteiger partial charge on any atom is -0.403 e. The van der Waals surface area contributed by atoms with Gasteiger partial charge in [-0.15, -0.1) is 0 Å². The summed E-state index contributed by atoms with van der Waals surface area (Å²) in [5.41, 5.74) is 6.19. The van der Waals surface area contributed by atoms with Crippen molar-refractivity contribution in [1.29, 1.82) is 5.26 Å². The van der Waals surface area contributed by atoms with Gasteiger partial charge in [0.25, 0.3) is 0 Å². The molecule has 0 spiro atoms. The van der Waals surface area contributed by atoms with Crippen LogP contribution in [-0.2, 0) is 0 Å². The van der Waals surface area contributed by atoms with E-state index in [1.165, 1.54) is 6.20 Å². The average molecular weight is 145 g/mol. The molecule has 0 amide bonds. The zero-order valence-electron chi connectivity index (χ0n) is 5.86. The zero-order chi connectivity index (χ0) is 8.10. The maximum absolute atomic E-state index is 8.54. The molecule has 0 aliphatic rings. The quantitative estimate of drug-likeness (QED) is 0.597. The third kappa shape index (κ3) is 1.55. The van der Waals surface area contributed by atoms with Crippen LogP contribution in [0.2, 0.25) is 0 Å². The molecule has 1 aromatic heterocycles. The molecule has 0 bridgehead atoms.